The van der Waals surface area contributed by atoms with E-state index >= 15 is 0 Å². The van der Waals surface area contributed by atoms with Crippen LogP contribution in [0.5, 0.6) is 0 Å². The fourth-order valence-electron chi connectivity index (χ4n) is 0.732. The summed E-state index contributed by atoms with van der Waals surface area (Å²) in [5.74, 6) is 0. The Bertz CT molecular complexity index is 167. The van der Waals surface area contributed by atoms with Gasteiger partial charge in [-0.15, -0.1) is 17.0 Å². The van der Waals surface area contributed by atoms with Crippen LogP contribution in [0.3, 0.4) is 0 Å². The fourth-order valence-corrected chi connectivity index (χ4v) is 0.732. The van der Waals surface area contributed by atoms with E-state index in [-0.39, 0.29) is 34.0 Å². The Hall–Kier alpha value is 0.0700. The highest BCUT2D eigenvalue weighted by molar-refractivity contribution is 8.93. The van der Waals surface area contributed by atoms with Crippen molar-refractivity contribution in [2.24, 2.45) is 5.73 Å². The van der Waals surface area contributed by atoms with E-state index in [9.17, 15) is 0 Å². The Balaban J connectivity index is 0. The number of aromatic nitrogens is 1. The average molecular weight is 284 g/mol. The zero-order valence-corrected chi connectivity index (χ0v) is 9.41. The SMILES string of the molecule is Br.NCC[n+]1ccccc1.[Br-]. The number of pyridine rings is 1. The maximum atomic E-state index is 5.34. The third-order valence-electron chi connectivity index (χ3n) is 1.16. The molecule has 0 saturated heterocycles. The van der Waals surface area contributed by atoms with E-state index in [1.165, 1.54) is 0 Å². The van der Waals surface area contributed by atoms with Gasteiger partial charge in [-0.05, 0) is 0 Å². The minimum absolute atomic E-state index is 0. The van der Waals surface area contributed by atoms with E-state index < -0.39 is 0 Å². The third-order valence-corrected chi connectivity index (χ3v) is 1.16. The molecular weight excluding hydrogens is 272 g/mol. The molecule has 1 heterocycles. The van der Waals surface area contributed by atoms with Gasteiger partial charge in [-0.25, -0.2) is 4.57 Å². The van der Waals surface area contributed by atoms with Gasteiger partial charge in [0.05, 0.1) is 6.54 Å². The average Bonchev–Trinajstić information content (AvgIpc) is 1.91. The second-order valence-corrected chi connectivity index (χ2v) is 1.90. The van der Waals surface area contributed by atoms with Crippen LogP contribution in [0, 0.1) is 0 Å². The summed E-state index contributed by atoms with van der Waals surface area (Å²) in [6, 6.07) is 5.98. The lowest BCUT2D eigenvalue weighted by atomic mass is 10.5. The molecule has 4 heteroatoms. The minimum Gasteiger partial charge on any atom is -1.00 e. The van der Waals surface area contributed by atoms with Gasteiger partial charge in [0.25, 0.3) is 0 Å². The molecule has 1 aromatic rings. The molecule has 64 valence electrons. The maximum Gasteiger partial charge on any atom is 0.168 e. The number of nitrogens with two attached hydrogens (primary N) is 1. The van der Waals surface area contributed by atoms with Crippen molar-refractivity contribution >= 4 is 17.0 Å². The number of nitrogens with zero attached hydrogens (tertiary/aromatic N) is 1. The number of halogens is 2. The summed E-state index contributed by atoms with van der Waals surface area (Å²) in [4.78, 5) is 0. The van der Waals surface area contributed by atoms with Gasteiger partial charge in [0, 0.05) is 12.1 Å². The molecular formula is C7H12Br2N2. The van der Waals surface area contributed by atoms with Crippen LogP contribution in [0.1, 0.15) is 0 Å². The summed E-state index contributed by atoms with van der Waals surface area (Å²) in [5.41, 5.74) is 5.34. The van der Waals surface area contributed by atoms with E-state index in [1.54, 1.807) is 0 Å². The minimum atomic E-state index is 0. The Morgan fingerprint density at radius 3 is 2.09 bits per heavy atom. The molecule has 0 bridgehead atoms. The zero-order chi connectivity index (χ0) is 6.53. The highest BCUT2D eigenvalue weighted by Crippen LogP contribution is 1.74. The first-order valence-electron chi connectivity index (χ1n) is 3.07. The molecule has 1 aromatic heterocycles. The van der Waals surface area contributed by atoms with E-state index in [0.717, 1.165) is 6.54 Å². The highest BCUT2D eigenvalue weighted by atomic mass is 79.9. The monoisotopic (exact) mass is 282 g/mol. The smallest absolute Gasteiger partial charge is 0.168 e. The Labute approximate surface area is 88.0 Å². The second-order valence-electron chi connectivity index (χ2n) is 1.90. The fraction of sp³-hybridized carbons (Fsp3) is 0.286. The van der Waals surface area contributed by atoms with Gasteiger partial charge >= 0.3 is 0 Å². The van der Waals surface area contributed by atoms with Gasteiger partial charge in [0.15, 0.2) is 18.9 Å². The molecule has 2 N–H and O–H groups in total. The molecule has 0 amide bonds. The van der Waals surface area contributed by atoms with Crippen molar-refractivity contribution < 1.29 is 21.5 Å². The van der Waals surface area contributed by atoms with Gasteiger partial charge < -0.3 is 22.7 Å². The van der Waals surface area contributed by atoms with Crippen molar-refractivity contribution in [1.29, 1.82) is 0 Å². The molecule has 0 atom stereocenters. The zero-order valence-electron chi connectivity index (χ0n) is 6.11. The topological polar surface area (TPSA) is 29.9 Å². The summed E-state index contributed by atoms with van der Waals surface area (Å²) in [6.07, 6.45) is 4.01. The number of hydrogen-bond acceptors (Lipinski definition) is 1. The molecule has 11 heavy (non-hydrogen) atoms. The van der Waals surface area contributed by atoms with Gasteiger partial charge in [-0.1, -0.05) is 6.07 Å². The lowest BCUT2D eigenvalue weighted by Gasteiger charge is -1.89. The van der Waals surface area contributed by atoms with E-state index in [1.807, 2.05) is 30.6 Å². The Kier molecular flexibility index (Phi) is 10.1. The second kappa shape index (κ2) is 8.17. The van der Waals surface area contributed by atoms with Crippen LogP contribution < -0.4 is 27.3 Å². The first kappa shape index (κ1) is 13.6. The molecule has 0 aliphatic heterocycles. The standard InChI is InChI=1S/C7H11N2.2BrH/c8-4-7-9-5-2-1-3-6-9;;/h1-3,5-6H,4,7-8H2;2*1H/q+1;;/p-1. The van der Waals surface area contributed by atoms with Crippen molar-refractivity contribution in [2.75, 3.05) is 6.54 Å². The molecule has 1 rings (SSSR count). The van der Waals surface area contributed by atoms with Crippen LogP contribution in [-0.4, -0.2) is 6.54 Å². The summed E-state index contributed by atoms with van der Waals surface area (Å²) < 4.78 is 2.06. The summed E-state index contributed by atoms with van der Waals surface area (Å²) in [5, 5.41) is 0. The van der Waals surface area contributed by atoms with Crippen LogP contribution >= 0.6 is 17.0 Å². The Morgan fingerprint density at radius 1 is 1.09 bits per heavy atom. The summed E-state index contributed by atoms with van der Waals surface area (Å²) >= 11 is 0. The quantitative estimate of drug-likeness (QED) is 0.599. The number of hydrogen-bond donors (Lipinski definition) is 1. The normalized spacial score (nSPS) is 7.73. The van der Waals surface area contributed by atoms with Crippen LogP contribution in [0.2, 0.25) is 0 Å². The first-order chi connectivity index (χ1) is 4.43. The van der Waals surface area contributed by atoms with Crippen LogP contribution in [0.15, 0.2) is 30.6 Å². The molecule has 0 spiro atoms. The summed E-state index contributed by atoms with van der Waals surface area (Å²) in [6.45, 7) is 1.61. The van der Waals surface area contributed by atoms with Crippen LogP contribution in [-0.2, 0) is 6.54 Å². The van der Waals surface area contributed by atoms with Crippen molar-refractivity contribution in [3.63, 3.8) is 0 Å². The molecule has 0 aromatic carbocycles. The van der Waals surface area contributed by atoms with Crippen molar-refractivity contribution in [3.05, 3.63) is 30.6 Å². The van der Waals surface area contributed by atoms with Crippen molar-refractivity contribution in [3.8, 4) is 0 Å². The lowest BCUT2D eigenvalue weighted by molar-refractivity contribution is -0.694. The lowest BCUT2D eigenvalue weighted by Crippen LogP contribution is -3.00. The first-order valence-corrected chi connectivity index (χ1v) is 3.07. The number of rotatable bonds is 2. The van der Waals surface area contributed by atoms with Crippen molar-refractivity contribution in [1.82, 2.24) is 0 Å². The molecule has 0 aliphatic rings. The van der Waals surface area contributed by atoms with E-state index in [0.29, 0.717) is 6.54 Å². The highest BCUT2D eigenvalue weighted by Gasteiger charge is 1.90. The van der Waals surface area contributed by atoms with Gasteiger partial charge in [-0.2, -0.15) is 0 Å². The molecule has 0 saturated carbocycles. The predicted octanol–water partition coefficient (Wildman–Crippen LogP) is -2.49. The maximum absolute atomic E-state index is 5.34. The van der Waals surface area contributed by atoms with Gasteiger partial charge in [0.1, 0.15) is 0 Å². The summed E-state index contributed by atoms with van der Waals surface area (Å²) in [7, 11) is 0. The molecule has 0 radical (unpaired) electrons. The largest absolute Gasteiger partial charge is 1.00 e. The molecule has 0 aliphatic carbocycles. The van der Waals surface area contributed by atoms with E-state index in [2.05, 4.69) is 4.57 Å². The van der Waals surface area contributed by atoms with Gasteiger partial charge in [0.2, 0.25) is 0 Å². The van der Waals surface area contributed by atoms with Crippen molar-refractivity contribution in [2.45, 2.75) is 6.54 Å². The molecule has 2 nitrogen and oxygen atoms in total. The van der Waals surface area contributed by atoms with Crippen LogP contribution in [0.4, 0.5) is 0 Å². The third kappa shape index (κ3) is 5.35. The Morgan fingerprint density at radius 2 is 1.64 bits per heavy atom. The predicted molar refractivity (Wildman–Crippen MR) is 46.0 cm³/mol. The van der Waals surface area contributed by atoms with Crippen LogP contribution in [0.25, 0.3) is 0 Å². The molecule has 0 unspecified atom stereocenters. The van der Waals surface area contributed by atoms with E-state index in [4.69, 9.17) is 5.73 Å². The molecule has 0 fully saturated rings. The van der Waals surface area contributed by atoms with Gasteiger partial charge in [-0.3, -0.25) is 0 Å².